The summed E-state index contributed by atoms with van der Waals surface area (Å²) in [6.07, 6.45) is 3.55. The van der Waals surface area contributed by atoms with E-state index in [1.807, 2.05) is 97.9 Å². The van der Waals surface area contributed by atoms with Crippen molar-refractivity contribution in [1.82, 2.24) is 19.5 Å². The molecule has 8 aromatic rings. The van der Waals surface area contributed by atoms with Gasteiger partial charge in [0, 0.05) is 49.6 Å². The molecule has 0 saturated heterocycles. The summed E-state index contributed by atoms with van der Waals surface area (Å²) in [5, 5.41) is 1.77. The summed E-state index contributed by atoms with van der Waals surface area (Å²) in [5.41, 5.74) is 7.51. The van der Waals surface area contributed by atoms with Gasteiger partial charge in [-0.1, -0.05) is 41.3 Å². The molecule has 5 nitrogen and oxygen atoms in total. The second kappa shape index (κ2) is 12.1. The third-order valence-electron chi connectivity index (χ3n) is 7.03. The molecular formula is C36H23FIrN4O-2. The molecule has 1 radical (unpaired) electrons. The van der Waals surface area contributed by atoms with Crippen LogP contribution in [0, 0.1) is 24.9 Å². The van der Waals surface area contributed by atoms with E-state index in [0.29, 0.717) is 17.0 Å². The van der Waals surface area contributed by atoms with Crippen LogP contribution in [0.25, 0.3) is 61.3 Å². The zero-order chi connectivity index (χ0) is 28.5. The Balaban J connectivity index is 0.000000213. The van der Waals surface area contributed by atoms with Crippen molar-refractivity contribution in [2.75, 3.05) is 0 Å². The van der Waals surface area contributed by atoms with Gasteiger partial charge in [0.1, 0.15) is 11.4 Å². The zero-order valence-electron chi connectivity index (χ0n) is 23.0. The third-order valence-corrected chi connectivity index (χ3v) is 7.03. The van der Waals surface area contributed by atoms with Crippen molar-refractivity contribution in [3.8, 4) is 28.3 Å². The van der Waals surface area contributed by atoms with Gasteiger partial charge >= 0.3 is 0 Å². The zero-order valence-corrected chi connectivity index (χ0v) is 25.4. The molecule has 4 heterocycles. The van der Waals surface area contributed by atoms with Crippen LogP contribution in [0.2, 0.25) is 0 Å². The van der Waals surface area contributed by atoms with Crippen LogP contribution >= 0.6 is 0 Å². The number of furan rings is 1. The smallest absolute Gasteiger partial charge is 0.126 e. The monoisotopic (exact) mass is 739 g/mol. The summed E-state index contributed by atoms with van der Waals surface area (Å²) >= 11 is 0. The molecule has 4 aromatic carbocycles. The molecular weight excluding hydrogens is 716 g/mol. The van der Waals surface area contributed by atoms with Crippen molar-refractivity contribution in [3.05, 3.63) is 145 Å². The summed E-state index contributed by atoms with van der Waals surface area (Å²) in [6.45, 7) is 1.97. The Morgan fingerprint density at radius 3 is 2.40 bits per heavy atom. The fourth-order valence-corrected chi connectivity index (χ4v) is 5.13. The standard InChI is InChI=1S/C25H15FN3O.C11H8N.Ir/c1-15-23-21(12-13-27-15)28-25(29(23)17-6-3-2-4-7-17)20-9-5-8-19-18-11-10-16(26)14-22(18)30-24(19)20;1-2-6-10(7-3-1)11-8-4-5-9-12-11;/h2-8,10-14H,1H3;1-6,8-9H;/q2*-1;. The average molecular weight is 739 g/mol. The van der Waals surface area contributed by atoms with Gasteiger partial charge in [0.05, 0.1) is 28.1 Å². The molecule has 0 aliphatic heterocycles. The van der Waals surface area contributed by atoms with E-state index in [1.165, 1.54) is 12.1 Å². The van der Waals surface area contributed by atoms with Crippen LogP contribution < -0.4 is 0 Å². The molecule has 0 amide bonds. The fraction of sp³-hybridized carbons (Fsp3) is 0.0278. The predicted octanol–water partition coefficient (Wildman–Crippen LogP) is 8.78. The first-order valence-electron chi connectivity index (χ1n) is 13.5. The molecule has 211 valence electrons. The number of imidazole rings is 1. The Bertz CT molecular complexity index is 2120. The van der Waals surface area contributed by atoms with E-state index in [-0.39, 0.29) is 25.9 Å². The van der Waals surface area contributed by atoms with E-state index < -0.39 is 0 Å². The number of hydrogen-bond donors (Lipinski definition) is 0. The van der Waals surface area contributed by atoms with Crippen molar-refractivity contribution < 1.29 is 28.9 Å². The number of aryl methyl sites for hydroxylation is 1. The van der Waals surface area contributed by atoms with E-state index >= 15 is 0 Å². The molecule has 4 aromatic heterocycles. The maximum atomic E-state index is 13.8. The van der Waals surface area contributed by atoms with E-state index in [0.717, 1.165) is 50.0 Å². The van der Waals surface area contributed by atoms with Gasteiger partial charge in [0.25, 0.3) is 0 Å². The van der Waals surface area contributed by atoms with Crippen LogP contribution in [0.4, 0.5) is 4.39 Å². The van der Waals surface area contributed by atoms with Gasteiger partial charge in [-0.15, -0.1) is 54.1 Å². The molecule has 0 spiro atoms. The fourth-order valence-electron chi connectivity index (χ4n) is 5.13. The molecule has 0 aliphatic rings. The van der Waals surface area contributed by atoms with Crippen molar-refractivity contribution in [1.29, 1.82) is 0 Å². The molecule has 7 heteroatoms. The molecule has 0 unspecified atom stereocenters. The van der Waals surface area contributed by atoms with Gasteiger partial charge in [-0.05, 0) is 49.0 Å². The quantitative estimate of drug-likeness (QED) is 0.170. The Morgan fingerprint density at radius 2 is 1.60 bits per heavy atom. The second-order valence-corrected chi connectivity index (χ2v) is 9.70. The predicted molar refractivity (Wildman–Crippen MR) is 164 cm³/mol. The van der Waals surface area contributed by atoms with Crippen molar-refractivity contribution in [2.45, 2.75) is 6.92 Å². The van der Waals surface area contributed by atoms with Crippen LogP contribution in [0.5, 0.6) is 0 Å². The first-order valence-corrected chi connectivity index (χ1v) is 13.5. The Kier molecular flexibility index (Phi) is 7.92. The number of benzene rings is 4. The number of nitrogens with zero attached hydrogens (tertiary/aromatic N) is 4. The normalized spacial score (nSPS) is 10.8. The molecule has 0 fully saturated rings. The van der Waals surface area contributed by atoms with Crippen LogP contribution in [0.15, 0.2) is 126 Å². The summed E-state index contributed by atoms with van der Waals surface area (Å²) < 4.78 is 21.9. The largest absolute Gasteiger partial charge is 0.500 e. The van der Waals surface area contributed by atoms with Crippen LogP contribution in [0.1, 0.15) is 5.69 Å². The minimum atomic E-state index is -0.328. The van der Waals surface area contributed by atoms with E-state index in [9.17, 15) is 4.39 Å². The number of aromatic nitrogens is 4. The number of para-hydroxylation sites is 1. The number of pyridine rings is 2. The summed E-state index contributed by atoms with van der Waals surface area (Å²) in [6, 6.07) is 40.4. The molecule has 0 aliphatic carbocycles. The SMILES string of the molecule is Cc1nccc2nc(-c3[c-]ccc4c3oc3cc(F)ccc34)n(-c3ccccc3)c12.[Ir].[c-]1ccccc1-c1ccccn1. The maximum absolute atomic E-state index is 13.8. The molecule has 0 saturated carbocycles. The first kappa shape index (κ1) is 28.2. The first-order chi connectivity index (χ1) is 20.7. The van der Waals surface area contributed by atoms with Gasteiger partial charge in [-0.3, -0.25) is 9.97 Å². The molecule has 8 rings (SSSR count). The molecule has 43 heavy (non-hydrogen) atoms. The number of hydrogen-bond acceptors (Lipinski definition) is 4. The van der Waals surface area contributed by atoms with Gasteiger partial charge in [-0.25, -0.2) is 4.39 Å². The Hall–Kier alpha value is -4.97. The van der Waals surface area contributed by atoms with Gasteiger partial charge in [0.15, 0.2) is 0 Å². The summed E-state index contributed by atoms with van der Waals surface area (Å²) in [7, 11) is 0. The Labute approximate surface area is 261 Å². The minimum Gasteiger partial charge on any atom is -0.500 e. The number of halogens is 1. The van der Waals surface area contributed by atoms with Crippen molar-refractivity contribution >= 4 is 33.0 Å². The van der Waals surface area contributed by atoms with Crippen LogP contribution in [0.3, 0.4) is 0 Å². The summed E-state index contributed by atoms with van der Waals surface area (Å²) in [5.74, 6) is 0.378. The maximum Gasteiger partial charge on any atom is 0.126 e. The Morgan fingerprint density at radius 1 is 0.767 bits per heavy atom. The topological polar surface area (TPSA) is 56.7 Å². The number of fused-ring (bicyclic) bond motifs is 4. The second-order valence-electron chi connectivity index (χ2n) is 9.70. The molecule has 0 bridgehead atoms. The van der Waals surface area contributed by atoms with Crippen LogP contribution in [-0.2, 0) is 20.1 Å². The van der Waals surface area contributed by atoms with E-state index in [2.05, 4.69) is 26.7 Å². The van der Waals surface area contributed by atoms with Crippen molar-refractivity contribution in [3.63, 3.8) is 0 Å². The summed E-state index contributed by atoms with van der Waals surface area (Å²) in [4.78, 5) is 13.6. The van der Waals surface area contributed by atoms with E-state index in [1.54, 1.807) is 18.5 Å². The number of rotatable bonds is 3. The van der Waals surface area contributed by atoms with E-state index in [4.69, 9.17) is 9.40 Å². The molecule has 0 N–H and O–H groups in total. The van der Waals surface area contributed by atoms with Gasteiger partial charge in [0.2, 0.25) is 0 Å². The minimum absolute atomic E-state index is 0. The van der Waals surface area contributed by atoms with Crippen LogP contribution in [-0.4, -0.2) is 19.5 Å². The van der Waals surface area contributed by atoms with Crippen molar-refractivity contribution in [2.24, 2.45) is 0 Å². The average Bonchev–Trinajstić information content (AvgIpc) is 3.62. The van der Waals surface area contributed by atoms with Gasteiger partial charge < -0.3 is 14.0 Å². The third kappa shape index (κ3) is 5.36. The van der Waals surface area contributed by atoms with Gasteiger partial charge in [-0.2, -0.15) is 0 Å². The molecule has 0 atom stereocenters.